The number of aryl methyl sites for hydroxylation is 1. The van der Waals surface area contributed by atoms with Gasteiger partial charge in [0.1, 0.15) is 11.6 Å². The number of nitrogens with one attached hydrogen (secondary N) is 1. The molecule has 24 heavy (non-hydrogen) atoms. The van der Waals surface area contributed by atoms with Crippen LogP contribution in [0.15, 0.2) is 18.2 Å². The smallest absolute Gasteiger partial charge is 0.226 e. The molecule has 0 spiro atoms. The average molecular weight is 331 g/mol. The summed E-state index contributed by atoms with van der Waals surface area (Å²) < 4.78 is 13.0. The number of imidazole rings is 1. The summed E-state index contributed by atoms with van der Waals surface area (Å²) in [6.45, 7) is 3.24. The Morgan fingerprint density at radius 3 is 3.08 bits per heavy atom. The van der Waals surface area contributed by atoms with Crippen LogP contribution in [0.4, 0.5) is 0 Å². The monoisotopic (exact) mass is 331 g/mol. The van der Waals surface area contributed by atoms with Crippen LogP contribution in [-0.4, -0.2) is 35.3 Å². The van der Waals surface area contributed by atoms with Gasteiger partial charge in [0.15, 0.2) is 0 Å². The van der Waals surface area contributed by atoms with E-state index in [1.165, 1.54) is 0 Å². The predicted molar refractivity (Wildman–Crippen MR) is 91.9 cm³/mol. The van der Waals surface area contributed by atoms with Crippen molar-refractivity contribution in [1.29, 1.82) is 0 Å². The van der Waals surface area contributed by atoms with Gasteiger partial charge in [0, 0.05) is 19.7 Å². The summed E-state index contributed by atoms with van der Waals surface area (Å²) in [7, 11) is 3.60. The van der Waals surface area contributed by atoms with Crippen LogP contribution in [0.2, 0.25) is 0 Å². The van der Waals surface area contributed by atoms with E-state index in [4.69, 9.17) is 9.47 Å². The second-order valence-corrected chi connectivity index (χ2v) is 6.23. The number of hydrogen-bond acceptors (Lipinski definition) is 4. The quantitative estimate of drug-likeness (QED) is 0.914. The molecule has 0 saturated carbocycles. The molecule has 6 nitrogen and oxygen atoms in total. The maximum atomic E-state index is 12.5. The molecule has 2 atom stereocenters. The summed E-state index contributed by atoms with van der Waals surface area (Å²) in [6.07, 6.45) is 2.73. The van der Waals surface area contributed by atoms with Gasteiger partial charge < -0.3 is 19.4 Å². The van der Waals surface area contributed by atoms with E-state index in [0.29, 0.717) is 6.54 Å². The molecule has 2 aromatic rings. The lowest BCUT2D eigenvalue weighted by Gasteiger charge is -2.30. The summed E-state index contributed by atoms with van der Waals surface area (Å²) in [4.78, 5) is 17.1. The number of carbonyl (C=O) groups is 1. The summed E-state index contributed by atoms with van der Waals surface area (Å²) in [6, 6.07) is 5.80. The van der Waals surface area contributed by atoms with Crippen molar-refractivity contribution in [3.8, 4) is 5.75 Å². The number of fused-ring (bicyclic) bond motifs is 1. The zero-order chi connectivity index (χ0) is 17.1. The molecule has 1 amide bonds. The van der Waals surface area contributed by atoms with Crippen LogP contribution in [0, 0.1) is 5.92 Å². The minimum absolute atomic E-state index is 0.0310. The molecule has 130 valence electrons. The number of nitrogens with zero attached hydrogens (tertiary/aromatic N) is 2. The van der Waals surface area contributed by atoms with Crippen molar-refractivity contribution >= 4 is 16.9 Å². The van der Waals surface area contributed by atoms with E-state index in [0.717, 1.165) is 48.5 Å². The number of hydrogen-bond donors (Lipinski definition) is 1. The highest BCUT2D eigenvalue weighted by atomic mass is 16.5. The number of carbonyl (C=O) groups excluding carboxylic acids is 1. The van der Waals surface area contributed by atoms with E-state index in [1.807, 2.05) is 29.8 Å². The molecule has 1 aromatic carbocycles. The topological polar surface area (TPSA) is 65.4 Å². The Morgan fingerprint density at radius 1 is 1.50 bits per heavy atom. The number of rotatable bonds is 5. The second-order valence-electron chi connectivity index (χ2n) is 6.23. The highest BCUT2D eigenvalue weighted by Crippen LogP contribution is 2.24. The Labute approximate surface area is 142 Å². The van der Waals surface area contributed by atoms with Crippen LogP contribution in [0.25, 0.3) is 11.0 Å². The highest BCUT2D eigenvalue weighted by Gasteiger charge is 2.30. The van der Waals surface area contributed by atoms with Crippen molar-refractivity contribution in [3.05, 3.63) is 24.0 Å². The lowest BCUT2D eigenvalue weighted by molar-refractivity contribution is -0.134. The van der Waals surface area contributed by atoms with E-state index in [9.17, 15) is 4.79 Å². The van der Waals surface area contributed by atoms with Crippen LogP contribution in [0.1, 0.15) is 32.0 Å². The third-order valence-corrected chi connectivity index (χ3v) is 4.78. The van der Waals surface area contributed by atoms with E-state index in [2.05, 4.69) is 17.2 Å². The van der Waals surface area contributed by atoms with Gasteiger partial charge >= 0.3 is 0 Å². The van der Waals surface area contributed by atoms with E-state index in [-0.39, 0.29) is 17.9 Å². The van der Waals surface area contributed by atoms with Gasteiger partial charge in [-0.2, -0.15) is 0 Å². The molecule has 1 aliphatic heterocycles. The normalized spacial score (nSPS) is 21.0. The van der Waals surface area contributed by atoms with Gasteiger partial charge in [-0.15, -0.1) is 0 Å². The largest absolute Gasteiger partial charge is 0.497 e. The van der Waals surface area contributed by atoms with Crippen molar-refractivity contribution in [1.82, 2.24) is 14.9 Å². The molecule has 1 N–H and O–H groups in total. The van der Waals surface area contributed by atoms with E-state index >= 15 is 0 Å². The molecule has 3 rings (SSSR count). The first-order chi connectivity index (χ1) is 11.6. The summed E-state index contributed by atoms with van der Waals surface area (Å²) >= 11 is 0. The predicted octanol–water partition coefficient (Wildman–Crippen LogP) is 2.40. The average Bonchev–Trinajstić information content (AvgIpc) is 2.94. The number of amides is 1. The van der Waals surface area contributed by atoms with Gasteiger partial charge in [0.2, 0.25) is 5.91 Å². The lowest BCUT2D eigenvalue weighted by atomic mass is 9.92. The van der Waals surface area contributed by atoms with Crippen LogP contribution < -0.4 is 10.1 Å². The molecular formula is C18H25N3O3. The zero-order valence-corrected chi connectivity index (χ0v) is 14.5. The van der Waals surface area contributed by atoms with Gasteiger partial charge in [-0.3, -0.25) is 4.79 Å². The third kappa shape index (κ3) is 3.24. The Hall–Kier alpha value is -2.08. The first kappa shape index (κ1) is 16.8. The SMILES string of the molecule is CC[C@@H]1OCCC[C@@H]1C(=O)NCc1nc2cc(OC)ccc2n1C. The van der Waals surface area contributed by atoms with Crippen molar-refractivity contribution in [2.24, 2.45) is 13.0 Å². The number of methoxy groups -OCH3 is 1. The summed E-state index contributed by atoms with van der Waals surface area (Å²) in [5.74, 6) is 1.61. The molecule has 0 aliphatic carbocycles. The first-order valence-corrected chi connectivity index (χ1v) is 8.52. The number of benzene rings is 1. The first-order valence-electron chi connectivity index (χ1n) is 8.52. The molecule has 1 fully saturated rings. The molecule has 0 radical (unpaired) electrons. The van der Waals surface area contributed by atoms with E-state index in [1.54, 1.807) is 7.11 Å². The Balaban J connectivity index is 1.70. The van der Waals surface area contributed by atoms with Gasteiger partial charge in [0.05, 0.1) is 36.7 Å². The van der Waals surface area contributed by atoms with Gasteiger partial charge in [-0.25, -0.2) is 4.98 Å². The molecule has 0 bridgehead atoms. The van der Waals surface area contributed by atoms with Crippen LogP contribution in [-0.2, 0) is 23.1 Å². The molecule has 6 heteroatoms. The highest BCUT2D eigenvalue weighted by molar-refractivity contribution is 5.80. The fourth-order valence-electron chi connectivity index (χ4n) is 3.35. The van der Waals surface area contributed by atoms with Crippen molar-refractivity contribution in [3.63, 3.8) is 0 Å². The Morgan fingerprint density at radius 2 is 2.33 bits per heavy atom. The number of aromatic nitrogens is 2. The summed E-state index contributed by atoms with van der Waals surface area (Å²) in [5.41, 5.74) is 1.89. The van der Waals surface area contributed by atoms with Gasteiger partial charge in [-0.05, 0) is 31.4 Å². The Bertz CT molecular complexity index is 726. The Kier molecular flexibility index (Phi) is 5.04. The lowest BCUT2D eigenvalue weighted by Crippen LogP contribution is -2.41. The molecule has 0 unspecified atom stereocenters. The van der Waals surface area contributed by atoms with Crippen molar-refractivity contribution in [2.75, 3.05) is 13.7 Å². The maximum absolute atomic E-state index is 12.5. The summed E-state index contributed by atoms with van der Waals surface area (Å²) in [5, 5.41) is 3.03. The van der Waals surface area contributed by atoms with Gasteiger partial charge in [-0.1, -0.05) is 6.92 Å². The standard InChI is InChI=1S/C18H25N3O3/c1-4-16-13(6-5-9-24-16)18(22)19-11-17-20-14-10-12(23-3)7-8-15(14)21(17)2/h7-8,10,13,16H,4-6,9,11H2,1-3H3,(H,19,22)/t13-,16-/m0/s1. The minimum Gasteiger partial charge on any atom is -0.497 e. The fraction of sp³-hybridized carbons (Fsp3) is 0.556. The molecule has 2 heterocycles. The molecule has 1 aliphatic rings. The third-order valence-electron chi connectivity index (χ3n) is 4.78. The van der Waals surface area contributed by atoms with Crippen molar-refractivity contribution in [2.45, 2.75) is 38.8 Å². The molecular weight excluding hydrogens is 306 g/mol. The minimum atomic E-state index is -0.0569. The van der Waals surface area contributed by atoms with Gasteiger partial charge in [0.25, 0.3) is 0 Å². The van der Waals surface area contributed by atoms with Crippen LogP contribution in [0.5, 0.6) is 5.75 Å². The maximum Gasteiger partial charge on any atom is 0.226 e. The zero-order valence-electron chi connectivity index (χ0n) is 14.5. The van der Waals surface area contributed by atoms with Crippen LogP contribution in [0.3, 0.4) is 0 Å². The number of ether oxygens (including phenoxy) is 2. The van der Waals surface area contributed by atoms with Crippen molar-refractivity contribution < 1.29 is 14.3 Å². The molecule has 1 aromatic heterocycles. The second kappa shape index (κ2) is 7.21. The fourth-order valence-corrected chi connectivity index (χ4v) is 3.35. The van der Waals surface area contributed by atoms with E-state index < -0.39 is 0 Å². The molecule has 1 saturated heterocycles. The van der Waals surface area contributed by atoms with Crippen LogP contribution >= 0.6 is 0 Å².